The molecule has 1 aliphatic heterocycles. The molecular weight excluding hydrogens is 252 g/mol. The van der Waals surface area contributed by atoms with Gasteiger partial charge in [-0.15, -0.1) is 10.2 Å². The van der Waals surface area contributed by atoms with Crippen LogP contribution < -0.4 is 5.32 Å². The van der Waals surface area contributed by atoms with E-state index < -0.39 is 0 Å². The lowest BCUT2D eigenvalue weighted by molar-refractivity contribution is 0.220. The van der Waals surface area contributed by atoms with Crippen molar-refractivity contribution in [1.82, 2.24) is 20.4 Å². The average Bonchev–Trinajstić information content (AvgIpc) is 3.11. The highest BCUT2D eigenvalue weighted by Gasteiger charge is 2.25. The van der Waals surface area contributed by atoms with Gasteiger partial charge in [0.2, 0.25) is 11.8 Å². The zero-order valence-electron chi connectivity index (χ0n) is 11.7. The van der Waals surface area contributed by atoms with Gasteiger partial charge in [0.25, 0.3) is 0 Å². The van der Waals surface area contributed by atoms with Crippen LogP contribution in [0.3, 0.4) is 0 Å². The molecular formula is C15H20N4O. The molecule has 5 heteroatoms. The Kier molecular flexibility index (Phi) is 4.08. The summed E-state index contributed by atoms with van der Waals surface area (Å²) < 4.78 is 5.77. The summed E-state index contributed by atoms with van der Waals surface area (Å²) in [6.45, 7) is 2.86. The van der Waals surface area contributed by atoms with Crippen molar-refractivity contribution in [2.75, 3.05) is 20.1 Å². The lowest BCUT2D eigenvalue weighted by Crippen LogP contribution is -2.36. The molecule has 1 atom stereocenters. The van der Waals surface area contributed by atoms with Crippen LogP contribution in [0.15, 0.2) is 34.7 Å². The van der Waals surface area contributed by atoms with Crippen LogP contribution in [-0.2, 0) is 6.54 Å². The molecule has 1 aromatic heterocycles. The van der Waals surface area contributed by atoms with Crippen molar-refractivity contribution in [3.63, 3.8) is 0 Å². The third kappa shape index (κ3) is 2.89. The van der Waals surface area contributed by atoms with Gasteiger partial charge >= 0.3 is 0 Å². The first-order chi connectivity index (χ1) is 9.86. The van der Waals surface area contributed by atoms with Gasteiger partial charge < -0.3 is 9.73 Å². The van der Waals surface area contributed by atoms with Gasteiger partial charge in [0.15, 0.2) is 0 Å². The van der Waals surface area contributed by atoms with E-state index in [2.05, 4.69) is 20.4 Å². The fraction of sp³-hybridized carbons (Fsp3) is 0.467. The van der Waals surface area contributed by atoms with Crippen molar-refractivity contribution in [3.8, 4) is 11.5 Å². The first-order valence-electron chi connectivity index (χ1n) is 7.13. The van der Waals surface area contributed by atoms with Crippen molar-refractivity contribution in [1.29, 1.82) is 0 Å². The minimum absolute atomic E-state index is 0.576. The molecule has 2 aromatic rings. The summed E-state index contributed by atoms with van der Waals surface area (Å²) >= 11 is 0. The number of nitrogens with zero attached hydrogens (tertiary/aromatic N) is 3. The van der Waals surface area contributed by atoms with Gasteiger partial charge in [-0.2, -0.15) is 0 Å². The molecule has 1 unspecified atom stereocenters. The predicted octanol–water partition coefficient (Wildman–Crippen LogP) is 1.92. The van der Waals surface area contributed by atoms with Crippen molar-refractivity contribution in [2.45, 2.75) is 25.4 Å². The molecule has 1 N–H and O–H groups in total. The van der Waals surface area contributed by atoms with Crippen LogP contribution in [0, 0.1) is 0 Å². The first kappa shape index (κ1) is 13.3. The highest BCUT2D eigenvalue weighted by atomic mass is 16.4. The molecule has 0 spiro atoms. The van der Waals surface area contributed by atoms with Crippen LogP contribution in [0.1, 0.15) is 18.7 Å². The molecule has 20 heavy (non-hydrogen) atoms. The van der Waals surface area contributed by atoms with Crippen molar-refractivity contribution in [2.24, 2.45) is 0 Å². The normalized spacial score (nSPS) is 19.6. The Morgan fingerprint density at radius 2 is 2.15 bits per heavy atom. The van der Waals surface area contributed by atoms with E-state index in [1.165, 1.54) is 12.8 Å². The number of aromatic nitrogens is 2. The number of hydrogen-bond acceptors (Lipinski definition) is 5. The van der Waals surface area contributed by atoms with Crippen LogP contribution in [0.2, 0.25) is 0 Å². The van der Waals surface area contributed by atoms with Gasteiger partial charge in [-0.05, 0) is 38.6 Å². The Morgan fingerprint density at radius 3 is 2.95 bits per heavy atom. The maximum atomic E-state index is 5.77. The molecule has 0 bridgehead atoms. The molecule has 0 amide bonds. The Hall–Kier alpha value is -1.72. The minimum Gasteiger partial charge on any atom is -0.419 e. The van der Waals surface area contributed by atoms with Gasteiger partial charge in [0.05, 0.1) is 6.54 Å². The average molecular weight is 272 g/mol. The second kappa shape index (κ2) is 6.15. The molecule has 3 rings (SSSR count). The molecule has 5 nitrogen and oxygen atoms in total. The van der Waals surface area contributed by atoms with E-state index in [4.69, 9.17) is 4.42 Å². The van der Waals surface area contributed by atoms with Crippen LogP contribution in [-0.4, -0.2) is 41.3 Å². The number of likely N-dealkylation sites (tertiary alicyclic amines) is 1. The van der Waals surface area contributed by atoms with E-state index >= 15 is 0 Å². The van der Waals surface area contributed by atoms with E-state index in [9.17, 15) is 0 Å². The Morgan fingerprint density at radius 1 is 1.30 bits per heavy atom. The molecule has 1 aliphatic rings. The Balaban J connectivity index is 1.68. The quantitative estimate of drug-likeness (QED) is 0.901. The third-order valence-electron chi connectivity index (χ3n) is 3.76. The largest absolute Gasteiger partial charge is 0.419 e. The van der Waals surface area contributed by atoms with Crippen LogP contribution in [0.25, 0.3) is 11.5 Å². The summed E-state index contributed by atoms with van der Waals surface area (Å²) in [6, 6.07) is 10.5. The SMILES string of the molecule is CNCC1CCCN1Cc1nnc(-c2ccccc2)o1. The molecule has 0 saturated carbocycles. The van der Waals surface area contributed by atoms with Crippen molar-refractivity contribution in [3.05, 3.63) is 36.2 Å². The molecule has 0 radical (unpaired) electrons. The molecule has 106 valence electrons. The summed E-state index contributed by atoms with van der Waals surface area (Å²) in [5, 5.41) is 11.6. The summed E-state index contributed by atoms with van der Waals surface area (Å²) in [4.78, 5) is 2.42. The second-order valence-corrected chi connectivity index (χ2v) is 5.19. The highest BCUT2D eigenvalue weighted by Crippen LogP contribution is 2.21. The summed E-state index contributed by atoms with van der Waals surface area (Å²) in [5.74, 6) is 1.30. The predicted molar refractivity (Wildman–Crippen MR) is 77.1 cm³/mol. The lowest BCUT2D eigenvalue weighted by atomic mass is 10.2. The second-order valence-electron chi connectivity index (χ2n) is 5.19. The Bertz CT molecular complexity index is 540. The first-order valence-corrected chi connectivity index (χ1v) is 7.13. The van der Waals surface area contributed by atoms with E-state index in [0.29, 0.717) is 17.8 Å². The summed E-state index contributed by atoms with van der Waals surface area (Å²) in [5.41, 5.74) is 0.972. The summed E-state index contributed by atoms with van der Waals surface area (Å²) in [7, 11) is 2.00. The van der Waals surface area contributed by atoms with Gasteiger partial charge in [0, 0.05) is 18.2 Å². The molecule has 0 aliphatic carbocycles. The van der Waals surface area contributed by atoms with Gasteiger partial charge in [-0.25, -0.2) is 0 Å². The fourth-order valence-corrected chi connectivity index (χ4v) is 2.76. The smallest absolute Gasteiger partial charge is 0.247 e. The zero-order valence-corrected chi connectivity index (χ0v) is 11.7. The minimum atomic E-state index is 0.576. The van der Waals surface area contributed by atoms with Crippen LogP contribution in [0.4, 0.5) is 0 Å². The standard InChI is InChI=1S/C15H20N4O/c1-16-10-13-8-5-9-19(13)11-14-17-18-15(20-14)12-6-3-2-4-7-12/h2-4,6-7,13,16H,5,8-11H2,1H3. The number of likely N-dealkylation sites (N-methyl/N-ethyl adjacent to an activating group) is 1. The molecule has 1 saturated heterocycles. The van der Waals surface area contributed by atoms with E-state index in [0.717, 1.165) is 25.2 Å². The van der Waals surface area contributed by atoms with Crippen molar-refractivity contribution >= 4 is 0 Å². The van der Waals surface area contributed by atoms with Crippen LogP contribution >= 0.6 is 0 Å². The highest BCUT2D eigenvalue weighted by molar-refractivity contribution is 5.51. The maximum absolute atomic E-state index is 5.77. The van der Waals surface area contributed by atoms with E-state index in [-0.39, 0.29) is 0 Å². The zero-order chi connectivity index (χ0) is 13.8. The molecule has 2 heterocycles. The lowest BCUT2D eigenvalue weighted by Gasteiger charge is -2.22. The molecule has 1 fully saturated rings. The van der Waals surface area contributed by atoms with Gasteiger partial charge in [-0.1, -0.05) is 18.2 Å². The van der Waals surface area contributed by atoms with Crippen LogP contribution in [0.5, 0.6) is 0 Å². The molecule has 1 aromatic carbocycles. The number of rotatable bonds is 5. The fourth-order valence-electron chi connectivity index (χ4n) is 2.76. The van der Waals surface area contributed by atoms with Crippen molar-refractivity contribution < 1.29 is 4.42 Å². The Labute approximate surface area is 119 Å². The number of nitrogens with one attached hydrogen (secondary N) is 1. The topological polar surface area (TPSA) is 54.2 Å². The van der Waals surface area contributed by atoms with Gasteiger partial charge in [0.1, 0.15) is 0 Å². The number of benzene rings is 1. The monoisotopic (exact) mass is 272 g/mol. The number of hydrogen-bond donors (Lipinski definition) is 1. The maximum Gasteiger partial charge on any atom is 0.247 e. The van der Waals surface area contributed by atoms with Gasteiger partial charge in [-0.3, -0.25) is 4.90 Å². The van der Waals surface area contributed by atoms with E-state index in [1.807, 2.05) is 37.4 Å². The van der Waals surface area contributed by atoms with E-state index in [1.54, 1.807) is 0 Å². The summed E-state index contributed by atoms with van der Waals surface area (Å²) in [6.07, 6.45) is 2.48. The third-order valence-corrected chi connectivity index (χ3v) is 3.76.